The van der Waals surface area contributed by atoms with Crippen LogP contribution in [0.3, 0.4) is 0 Å². The minimum absolute atomic E-state index is 0.0319. The number of hydrogen-bond donors (Lipinski definition) is 1. The molecule has 2 aromatic carbocycles. The molecule has 0 aliphatic carbocycles. The number of ether oxygens (including phenoxy) is 1. The number of rotatable bonds is 4. The van der Waals surface area contributed by atoms with E-state index in [-0.39, 0.29) is 16.3 Å². The fourth-order valence-corrected chi connectivity index (χ4v) is 1.96. The van der Waals surface area contributed by atoms with E-state index in [0.717, 1.165) is 12.1 Å². The Morgan fingerprint density at radius 2 is 2.00 bits per heavy atom. The second-order valence-corrected chi connectivity index (χ2v) is 5.04. The summed E-state index contributed by atoms with van der Waals surface area (Å²) in [5, 5.41) is 11.5. The van der Waals surface area contributed by atoms with Gasteiger partial charge in [0.25, 0.3) is 5.91 Å². The first-order valence-electron chi connectivity index (χ1n) is 6.53. The van der Waals surface area contributed by atoms with Gasteiger partial charge in [-0.2, -0.15) is 5.26 Å². The highest BCUT2D eigenvalue weighted by molar-refractivity contribution is 6.32. The van der Waals surface area contributed by atoms with Crippen LogP contribution in [0.1, 0.15) is 12.5 Å². The van der Waals surface area contributed by atoms with E-state index in [0.29, 0.717) is 5.69 Å². The first-order valence-corrected chi connectivity index (χ1v) is 6.90. The van der Waals surface area contributed by atoms with Crippen LogP contribution in [0.4, 0.5) is 14.5 Å². The molecule has 1 amide bonds. The zero-order chi connectivity index (χ0) is 17.0. The largest absolute Gasteiger partial charge is 0.481 e. The predicted molar refractivity (Wildman–Crippen MR) is 81.2 cm³/mol. The maximum Gasteiger partial charge on any atom is 0.265 e. The molecule has 0 aromatic heterocycles. The van der Waals surface area contributed by atoms with Gasteiger partial charge in [0.1, 0.15) is 11.8 Å². The molecule has 0 bridgehead atoms. The van der Waals surface area contributed by atoms with Crippen molar-refractivity contribution in [3.05, 3.63) is 58.6 Å². The minimum Gasteiger partial charge on any atom is -0.481 e. The molecule has 0 saturated carbocycles. The summed E-state index contributed by atoms with van der Waals surface area (Å²) in [5.41, 5.74) is 0.676. The zero-order valence-electron chi connectivity index (χ0n) is 11.9. The number of benzene rings is 2. The van der Waals surface area contributed by atoms with Gasteiger partial charge in [0.05, 0.1) is 10.6 Å². The Hall–Kier alpha value is -2.65. The standard InChI is InChI=1S/C16H11ClF2N2O2/c1-9(23-12-4-5-14(18)15(19)7-12)16(22)21-11-3-2-10(8-20)13(17)6-11/h2-7,9H,1H3,(H,21,22). The van der Waals surface area contributed by atoms with Crippen molar-refractivity contribution in [1.29, 1.82) is 5.26 Å². The summed E-state index contributed by atoms with van der Waals surface area (Å²) in [4.78, 5) is 12.0. The van der Waals surface area contributed by atoms with Gasteiger partial charge in [-0.25, -0.2) is 8.78 Å². The highest BCUT2D eigenvalue weighted by Crippen LogP contribution is 2.21. The molecule has 4 nitrogen and oxygen atoms in total. The number of nitrogens with zero attached hydrogens (tertiary/aromatic N) is 1. The Labute approximate surface area is 136 Å². The molecule has 0 aliphatic rings. The molecule has 0 aliphatic heterocycles. The van der Waals surface area contributed by atoms with E-state index in [2.05, 4.69) is 5.32 Å². The summed E-state index contributed by atoms with van der Waals surface area (Å²) in [5.74, 6) is -2.53. The Morgan fingerprint density at radius 3 is 2.61 bits per heavy atom. The van der Waals surface area contributed by atoms with Gasteiger partial charge >= 0.3 is 0 Å². The number of carbonyl (C=O) groups is 1. The van der Waals surface area contributed by atoms with Crippen LogP contribution in [0.15, 0.2) is 36.4 Å². The third-order valence-electron chi connectivity index (χ3n) is 2.93. The number of anilines is 1. The third kappa shape index (κ3) is 4.18. The summed E-state index contributed by atoms with van der Waals surface area (Å²) in [7, 11) is 0. The fourth-order valence-electron chi connectivity index (χ4n) is 1.74. The second kappa shape index (κ2) is 7.07. The lowest BCUT2D eigenvalue weighted by atomic mass is 10.2. The van der Waals surface area contributed by atoms with Crippen LogP contribution >= 0.6 is 11.6 Å². The molecular formula is C16H11ClF2N2O2. The van der Waals surface area contributed by atoms with E-state index in [1.807, 2.05) is 6.07 Å². The molecule has 118 valence electrons. The van der Waals surface area contributed by atoms with Crippen molar-refractivity contribution in [2.24, 2.45) is 0 Å². The van der Waals surface area contributed by atoms with Gasteiger partial charge < -0.3 is 10.1 Å². The van der Waals surface area contributed by atoms with E-state index >= 15 is 0 Å². The average molecular weight is 337 g/mol. The average Bonchev–Trinajstić information content (AvgIpc) is 2.51. The number of nitriles is 1. The Balaban J connectivity index is 2.03. The molecular weight excluding hydrogens is 326 g/mol. The van der Waals surface area contributed by atoms with Gasteiger partial charge in [-0.05, 0) is 37.3 Å². The third-order valence-corrected chi connectivity index (χ3v) is 3.24. The van der Waals surface area contributed by atoms with Gasteiger partial charge in [0, 0.05) is 11.8 Å². The lowest BCUT2D eigenvalue weighted by Crippen LogP contribution is -2.30. The Kier molecular flexibility index (Phi) is 5.14. The Bertz CT molecular complexity index is 790. The van der Waals surface area contributed by atoms with Crippen LogP contribution in [0.25, 0.3) is 0 Å². The summed E-state index contributed by atoms with van der Waals surface area (Å²) in [6.07, 6.45) is -0.950. The number of carbonyl (C=O) groups excluding carboxylic acids is 1. The van der Waals surface area contributed by atoms with Crippen molar-refractivity contribution in [2.75, 3.05) is 5.32 Å². The molecule has 23 heavy (non-hydrogen) atoms. The molecule has 1 unspecified atom stereocenters. The molecule has 0 saturated heterocycles. The summed E-state index contributed by atoms with van der Waals surface area (Å²) < 4.78 is 31.2. The maximum atomic E-state index is 13.1. The molecule has 0 radical (unpaired) electrons. The first-order chi connectivity index (χ1) is 10.9. The van der Waals surface area contributed by atoms with Crippen LogP contribution in [0.2, 0.25) is 5.02 Å². The van der Waals surface area contributed by atoms with Crippen LogP contribution in [-0.2, 0) is 4.79 Å². The number of amides is 1. The van der Waals surface area contributed by atoms with Crippen LogP contribution in [-0.4, -0.2) is 12.0 Å². The van der Waals surface area contributed by atoms with E-state index in [1.54, 1.807) is 0 Å². The number of hydrogen-bond acceptors (Lipinski definition) is 3. The molecule has 0 heterocycles. The summed E-state index contributed by atoms with van der Waals surface area (Å²) in [6.45, 7) is 1.46. The van der Waals surface area contributed by atoms with Gasteiger partial charge in [0.15, 0.2) is 17.7 Å². The molecule has 1 N–H and O–H groups in total. The second-order valence-electron chi connectivity index (χ2n) is 4.63. The zero-order valence-corrected chi connectivity index (χ0v) is 12.7. The van der Waals surface area contributed by atoms with Crippen molar-refractivity contribution >= 4 is 23.2 Å². The molecule has 7 heteroatoms. The summed E-state index contributed by atoms with van der Waals surface area (Å²) >= 11 is 5.87. The van der Waals surface area contributed by atoms with E-state index in [4.69, 9.17) is 21.6 Å². The van der Waals surface area contributed by atoms with Crippen molar-refractivity contribution in [2.45, 2.75) is 13.0 Å². The monoisotopic (exact) mass is 336 g/mol. The maximum absolute atomic E-state index is 13.1. The van der Waals surface area contributed by atoms with E-state index in [1.165, 1.54) is 31.2 Å². The van der Waals surface area contributed by atoms with Crippen molar-refractivity contribution < 1.29 is 18.3 Å². The SMILES string of the molecule is CC(Oc1ccc(F)c(F)c1)C(=O)Nc1ccc(C#N)c(Cl)c1. The molecule has 0 spiro atoms. The minimum atomic E-state index is -1.06. The van der Waals surface area contributed by atoms with Gasteiger partial charge in [0.2, 0.25) is 0 Å². The topological polar surface area (TPSA) is 62.1 Å². The van der Waals surface area contributed by atoms with Crippen LogP contribution in [0.5, 0.6) is 5.75 Å². The van der Waals surface area contributed by atoms with Crippen molar-refractivity contribution in [3.63, 3.8) is 0 Å². The number of halogens is 3. The van der Waals surface area contributed by atoms with Crippen LogP contribution in [0, 0.1) is 23.0 Å². The number of nitrogens with one attached hydrogen (secondary N) is 1. The molecule has 1 atom stereocenters. The van der Waals surface area contributed by atoms with Crippen LogP contribution < -0.4 is 10.1 Å². The quantitative estimate of drug-likeness (QED) is 0.921. The van der Waals surface area contributed by atoms with E-state index in [9.17, 15) is 13.6 Å². The van der Waals surface area contributed by atoms with E-state index < -0.39 is 23.6 Å². The van der Waals surface area contributed by atoms with Gasteiger partial charge in [-0.15, -0.1) is 0 Å². The lowest BCUT2D eigenvalue weighted by molar-refractivity contribution is -0.122. The lowest BCUT2D eigenvalue weighted by Gasteiger charge is -2.15. The summed E-state index contributed by atoms with van der Waals surface area (Å²) in [6, 6.07) is 9.32. The predicted octanol–water partition coefficient (Wildman–Crippen LogP) is 3.90. The van der Waals surface area contributed by atoms with Gasteiger partial charge in [-0.1, -0.05) is 11.6 Å². The molecule has 2 aromatic rings. The smallest absolute Gasteiger partial charge is 0.265 e. The van der Waals surface area contributed by atoms with Crippen molar-refractivity contribution in [3.8, 4) is 11.8 Å². The molecule has 2 rings (SSSR count). The Morgan fingerprint density at radius 1 is 1.26 bits per heavy atom. The fraction of sp³-hybridized carbons (Fsp3) is 0.125. The molecule has 0 fully saturated rings. The highest BCUT2D eigenvalue weighted by atomic mass is 35.5. The normalized spacial score (nSPS) is 11.4. The first kappa shape index (κ1) is 16.7. The highest BCUT2D eigenvalue weighted by Gasteiger charge is 2.16. The van der Waals surface area contributed by atoms with Crippen molar-refractivity contribution in [1.82, 2.24) is 0 Å². The van der Waals surface area contributed by atoms with Gasteiger partial charge in [-0.3, -0.25) is 4.79 Å².